The molecule has 1 unspecified atom stereocenters. The van der Waals surface area contributed by atoms with Crippen LogP contribution in [0.5, 0.6) is 0 Å². The van der Waals surface area contributed by atoms with E-state index in [1.54, 1.807) is 29.4 Å². The summed E-state index contributed by atoms with van der Waals surface area (Å²) in [6.45, 7) is 0.584. The van der Waals surface area contributed by atoms with Crippen molar-refractivity contribution in [3.05, 3.63) is 30.2 Å². The molecule has 5 heteroatoms. The summed E-state index contributed by atoms with van der Waals surface area (Å²) in [4.78, 5) is 25.3. The molecule has 5 nitrogen and oxygen atoms in total. The average Bonchev–Trinajstić information content (AvgIpc) is 2.97. The van der Waals surface area contributed by atoms with Crippen molar-refractivity contribution in [3.63, 3.8) is 0 Å². The smallest absolute Gasteiger partial charge is 0.328 e. The van der Waals surface area contributed by atoms with Gasteiger partial charge in [0.1, 0.15) is 11.8 Å². The van der Waals surface area contributed by atoms with Crippen molar-refractivity contribution in [2.45, 2.75) is 25.3 Å². The van der Waals surface area contributed by atoms with Crippen molar-refractivity contribution in [2.24, 2.45) is 0 Å². The number of hydrogen-bond acceptors (Lipinski definition) is 4. The Morgan fingerprint density at radius 2 is 2.32 bits per heavy atom. The number of likely N-dealkylation sites (tertiary alicyclic amines) is 1. The van der Waals surface area contributed by atoms with Crippen LogP contribution in [0.2, 0.25) is 0 Å². The number of furan rings is 1. The van der Waals surface area contributed by atoms with E-state index in [0.717, 1.165) is 12.8 Å². The predicted octanol–water partition coefficient (Wildman–Crippen LogP) is 1.85. The molecule has 1 aliphatic heterocycles. The number of rotatable bonds is 3. The van der Waals surface area contributed by atoms with Crippen molar-refractivity contribution in [1.82, 2.24) is 4.90 Å². The third-order valence-electron chi connectivity index (χ3n) is 3.19. The standard InChI is InChI=1S/C14H17NO4/c1-18-14(17)12-6-2-3-9-15(12)13(16)8-7-11-5-4-10-19-11/h4-5,7-8,10,12H,2-3,6,9H2,1H3. The van der Waals surface area contributed by atoms with Gasteiger partial charge in [0, 0.05) is 12.6 Å². The molecule has 1 saturated heterocycles. The molecule has 0 radical (unpaired) electrons. The molecule has 0 spiro atoms. The zero-order chi connectivity index (χ0) is 13.7. The second-order valence-electron chi connectivity index (χ2n) is 4.42. The Hall–Kier alpha value is -2.04. The van der Waals surface area contributed by atoms with Gasteiger partial charge in [-0.1, -0.05) is 0 Å². The largest absolute Gasteiger partial charge is 0.467 e. The lowest BCUT2D eigenvalue weighted by molar-refractivity contribution is -0.153. The predicted molar refractivity (Wildman–Crippen MR) is 69.1 cm³/mol. The van der Waals surface area contributed by atoms with E-state index in [9.17, 15) is 9.59 Å². The summed E-state index contributed by atoms with van der Waals surface area (Å²) in [7, 11) is 1.35. The van der Waals surface area contributed by atoms with E-state index in [1.165, 1.54) is 13.2 Å². The number of nitrogens with zero attached hydrogens (tertiary/aromatic N) is 1. The number of carbonyl (C=O) groups is 2. The van der Waals surface area contributed by atoms with Gasteiger partial charge in [-0.15, -0.1) is 0 Å². The van der Waals surface area contributed by atoms with Crippen LogP contribution in [-0.2, 0) is 14.3 Å². The van der Waals surface area contributed by atoms with Crippen molar-refractivity contribution in [1.29, 1.82) is 0 Å². The lowest BCUT2D eigenvalue weighted by Gasteiger charge is -2.32. The van der Waals surface area contributed by atoms with Crippen LogP contribution in [0.25, 0.3) is 6.08 Å². The Morgan fingerprint density at radius 3 is 3.00 bits per heavy atom. The maximum absolute atomic E-state index is 12.1. The van der Waals surface area contributed by atoms with Crippen LogP contribution < -0.4 is 0 Å². The molecule has 0 N–H and O–H groups in total. The van der Waals surface area contributed by atoms with Crippen molar-refractivity contribution >= 4 is 18.0 Å². The minimum Gasteiger partial charge on any atom is -0.467 e. The summed E-state index contributed by atoms with van der Waals surface area (Å²) in [6, 6.07) is 3.05. The lowest BCUT2D eigenvalue weighted by Crippen LogP contribution is -2.47. The van der Waals surface area contributed by atoms with E-state index in [2.05, 4.69) is 0 Å². The van der Waals surface area contributed by atoms with Crippen molar-refractivity contribution < 1.29 is 18.7 Å². The molecule has 1 fully saturated rings. The Kier molecular flexibility index (Phi) is 4.39. The van der Waals surface area contributed by atoms with Gasteiger partial charge in [-0.25, -0.2) is 4.79 Å². The molecule has 19 heavy (non-hydrogen) atoms. The summed E-state index contributed by atoms with van der Waals surface area (Å²) >= 11 is 0. The third kappa shape index (κ3) is 3.24. The monoisotopic (exact) mass is 263 g/mol. The molecule has 0 aliphatic carbocycles. The number of ether oxygens (including phenoxy) is 1. The maximum Gasteiger partial charge on any atom is 0.328 e. The van der Waals surface area contributed by atoms with Crippen molar-refractivity contribution in [2.75, 3.05) is 13.7 Å². The van der Waals surface area contributed by atoms with Crippen LogP contribution in [0.3, 0.4) is 0 Å². The van der Waals surface area contributed by atoms with Crippen LogP contribution in [0.1, 0.15) is 25.0 Å². The van der Waals surface area contributed by atoms with E-state index in [0.29, 0.717) is 18.7 Å². The first-order valence-electron chi connectivity index (χ1n) is 6.32. The maximum atomic E-state index is 12.1. The first kappa shape index (κ1) is 13.4. The number of esters is 1. The molecule has 0 saturated carbocycles. The zero-order valence-electron chi connectivity index (χ0n) is 10.9. The van der Waals surface area contributed by atoms with Gasteiger partial charge in [0.25, 0.3) is 0 Å². The quantitative estimate of drug-likeness (QED) is 0.617. The number of carbonyl (C=O) groups excluding carboxylic acids is 2. The highest BCUT2D eigenvalue weighted by Crippen LogP contribution is 2.18. The number of piperidine rings is 1. The molecule has 1 amide bonds. The van der Waals surface area contributed by atoms with Gasteiger partial charge < -0.3 is 14.1 Å². The van der Waals surface area contributed by atoms with Crippen LogP contribution in [0.15, 0.2) is 28.9 Å². The van der Waals surface area contributed by atoms with E-state index in [-0.39, 0.29) is 11.9 Å². The fraction of sp³-hybridized carbons (Fsp3) is 0.429. The molecule has 0 aromatic carbocycles. The van der Waals surface area contributed by atoms with Gasteiger partial charge in [0.15, 0.2) is 0 Å². The van der Waals surface area contributed by atoms with Gasteiger partial charge in [-0.2, -0.15) is 0 Å². The van der Waals surface area contributed by atoms with E-state index in [4.69, 9.17) is 9.15 Å². The number of hydrogen-bond donors (Lipinski definition) is 0. The highest BCUT2D eigenvalue weighted by atomic mass is 16.5. The zero-order valence-corrected chi connectivity index (χ0v) is 10.9. The van der Waals surface area contributed by atoms with Gasteiger partial charge in [0.05, 0.1) is 13.4 Å². The Morgan fingerprint density at radius 1 is 1.47 bits per heavy atom. The first-order valence-corrected chi connectivity index (χ1v) is 6.32. The summed E-state index contributed by atoms with van der Waals surface area (Å²) < 4.78 is 9.86. The molecular formula is C14H17NO4. The van der Waals surface area contributed by atoms with Crippen molar-refractivity contribution in [3.8, 4) is 0 Å². The topological polar surface area (TPSA) is 59.8 Å². The second kappa shape index (κ2) is 6.22. The molecule has 0 bridgehead atoms. The van der Waals surface area contributed by atoms with Gasteiger partial charge >= 0.3 is 5.97 Å². The summed E-state index contributed by atoms with van der Waals surface area (Å²) in [5.74, 6) is 0.0749. The van der Waals surface area contributed by atoms with E-state index in [1.807, 2.05) is 0 Å². The molecule has 2 rings (SSSR count). The fourth-order valence-electron chi connectivity index (χ4n) is 2.21. The Labute approximate surface area is 111 Å². The normalized spacial score (nSPS) is 19.6. The lowest BCUT2D eigenvalue weighted by atomic mass is 10.0. The molecule has 1 aromatic rings. The van der Waals surface area contributed by atoms with E-state index >= 15 is 0 Å². The van der Waals surface area contributed by atoms with Crippen LogP contribution in [-0.4, -0.2) is 36.5 Å². The molecule has 2 heterocycles. The van der Waals surface area contributed by atoms with Crippen LogP contribution in [0.4, 0.5) is 0 Å². The number of amides is 1. The summed E-state index contributed by atoms with van der Waals surface area (Å²) in [5.41, 5.74) is 0. The summed E-state index contributed by atoms with van der Waals surface area (Å²) in [6.07, 6.45) is 7.08. The Bertz CT molecular complexity index is 464. The summed E-state index contributed by atoms with van der Waals surface area (Å²) in [5, 5.41) is 0. The van der Waals surface area contributed by atoms with Gasteiger partial charge in [0.2, 0.25) is 5.91 Å². The molecule has 1 aromatic heterocycles. The van der Waals surface area contributed by atoms with Gasteiger partial charge in [-0.05, 0) is 37.5 Å². The fourth-order valence-corrected chi connectivity index (χ4v) is 2.21. The minimum atomic E-state index is -0.465. The molecule has 102 valence electrons. The van der Waals surface area contributed by atoms with Gasteiger partial charge in [-0.3, -0.25) is 4.79 Å². The minimum absolute atomic E-state index is 0.188. The van der Waals surface area contributed by atoms with Crippen LogP contribution in [0, 0.1) is 0 Å². The molecular weight excluding hydrogens is 246 g/mol. The highest BCUT2D eigenvalue weighted by molar-refractivity contribution is 5.94. The molecule has 1 atom stereocenters. The van der Waals surface area contributed by atoms with E-state index < -0.39 is 6.04 Å². The SMILES string of the molecule is COC(=O)C1CCCCN1C(=O)C=Cc1ccco1. The Balaban J connectivity index is 2.05. The average molecular weight is 263 g/mol. The number of methoxy groups -OCH3 is 1. The highest BCUT2D eigenvalue weighted by Gasteiger charge is 2.31. The second-order valence-corrected chi connectivity index (χ2v) is 4.42. The molecule has 1 aliphatic rings. The third-order valence-corrected chi connectivity index (χ3v) is 3.19. The van der Waals surface area contributed by atoms with Crippen LogP contribution >= 0.6 is 0 Å². The first-order chi connectivity index (χ1) is 9.22.